The van der Waals surface area contributed by atoms with Crippen LogP contribution < -0.4 is 10.6 Å². The Morgan fingerprint density at radius 2 is 1.46 bits per heavy atom. The molecule has 0 saturated carbocycles. The third-order valence-electron chi connectivity index (χ3n) is 3.42. The standard InChI is InChI=1S/C17H19N5O6/c1-4-27-16(23)20-11-6-7-12(18-10(11)3)13-8-9-14(15(19-13)22(25)26)21-17(24)28-5-2/h6-9H,4-5H2,1-3H3,(H,20,23)(H,21,24). The number of carbonyl (C=O) groups is 2. The van der Waals surface area contributed by atoms with Crippen molar-refractivity contribution in [3.63, 3.8) is 0 Å². The summed E-state index contributed by atoms with van der Waals surface area (Å²) in [6, 6.07) is 5.97. The number of ether oxygens (including phenoxy) is 2. The van der Waals surface area contributed by atoms with E-state index in [9.17, 15) is 19.7 Å². The summed E-state index contributed by atoms with van der Waals surface area (Å²) in [5, 5.41) is 16.1. The van der Waals surface area contributed by atoms with E-state index in [1.807, 2.05) is 0 Å². The third-order valence-corrected chi connectivity index (χ3v) is 3.42. The fourth-order valence-electron chi connectivity index (χ4n) is 2.22. The van der Waals surface area contributed by atoms with Gasteiger partial charge in [0.05, 0.1) is 24.6 Å². The first-order valence-corrected chi connectivity index (χ1v) is 8.36. The summed E-state index contributed by atoms with van der Waals surface area (Å²) in [6.45, 7) is 5.32. The van der Waals surface area contributed by atoms with Crippen molar-refractivity contribution in [3.8, 4) is 11.4 Å². The number of anilines is 2. The van der Waals surface area contributed by atoms with Crippen molar-refractivity contribution >= 4 is 29.4 Å². The molecule has 0 aliphatic rings. The van der Waals surface area contributed by atoms with Gasteiger partial charge in [-0.1, -0.05) is 0 Å². The monoisotopic (exact) mass is 389 g/mol. The van der Waals surface area contributed by atoms with Gasteiger partial charge in [-0.05, 0) is 54.9 Å². The first-order chi connectivity index (χ1) is 13.3. The predicted octanol–water partition coefficient (Wildman–Crippen LogP) is 3.50. The Hall–Kier alpha value is -3.76. The van der Waals surface area contributed by atoms with Crippen molar-refractivity contribution < 1.29 is 24.0 Å². The number of amides is 2. The highest BCUT2D eigenvalue weighted by atomic mass is 16.6. The Balaban J connectivity index is 2.31. The number of carbonyl (C=O) groups excluding carboxylic acids is 2. The van der Waals surface area contributed by atoms with Crippen LogP contribution in [0.2, 0.25) is 0 Å². The molecule has 0 fully saturated rings. The fourth-order valence-corrected chi connectivity index (χ4v) is 2.22. The molecule has 0 aromatic carbocycles. The minimum atomic E-state index is -0.816. The number of nitrogens with one attached hydrogen (secondary N) is 2. The first-order valence-electron chi connectivity index (χ1n) is 8.36. The minimum absolute atomic E-state index is 0.0930. The summed E-state index contributed by atoms with van der Waals surface area (Å²) in [6.07, 6.45) is -1.42. The highest BCUT2D eigenvalue weighted by Gasteiger charge is 2.21. The van der Waals surface area contributed by atoms with Crippen LogP contribution in [0.4, 0.5) is 26.8 Å². The molecular formula is C17H19N5O6. The quantitative estimate of drug-likeness (QED) is 0.564. The molecule has 0 bridgehead atoms. The smallest absolute Gasteiger partial charge is 0.411 e. The highest BCUT2D eigenvalue weighted by molar-refractivity contribution is 5.88. The molecule has 0 unspecified atom stereocenters. The maximum absolute atomic E-state index is 11.5. The number of hydrogen-bond donors (Lipinski definition) is 2. The summed E-state index contributed by atoms with van der Waals surface area (Å²) in [5.74, 6) is -0.543. The van der Waals surface area contributed by atoms with Crippen molar-refractivity contribution in [2.45, 2.75) is 20.8 Å². The van der Waals surface area contributed by atoms with Crippen molar-refractivity contribution in [3.05, 3.63) is 40.1 Å². The molecule has 2 heterocycles. The average molecular weight is 389 g/mol. The molecule has 2 amide bonds. The van der Waals surface area contributed by atoms with E-state index in [2.05, 4.69) is 20.6 Å². The number of aryl methyl sites for hydroxylation is 1. The van der Waals surface area contributed by atoms with E-state index >= 15 is 0 Å². The van der Waals surface area contributed by atoms with Crippen LogP contribution in [0.3, 0.4) is 0 Å². The number of nitro groups is 1. The van der Waals surface area contributed by atoms with E-state index < -0.39 is 22.9 Å². The minimum Gasteiger partial charge on any atom is -0.450 e. The lowest BCUT2D eigenvalue weighted by Crippen LogP contribution is -2.15. The fraction of sp³-hybridized carbons (Fsp3) is 0.294. The van der Waals surface area contributed by atoms with E-state index in [0.29, 0.717) is 17.1 Å². The number of nitrogens with zero attached hydrogens (tertiary/aromatic N) is 3. The lowest BCUT2D eigenvalue weighted by Gasteiger charge is -2.09. The molecule has 28 heavy (non-hydrogen) atoms. The largest absolute Gasteiger partial charge is 0.450 e. The second kappa shape index (κ2) is 9.26. The first kappa shape index (κ1) is 20.6. The Labute approximate surface area is 160 Å². The Morgan fingerprint density at radius 1 is 0.964 bits per heavy atom. The van der Waals surface area contributed by atoms with Gasteiger partial charge in [0.2, 0.25) is 5.69 Å². The van der Waals surface area contributed by atoms with E-state index in [0.717, 1.165) is 0 Å². The van der Waals surface area contributed by atoms with Gasteiger partial charge >= 0.3 is 18.0 Å². The van der Waals surface area contributed by atoms with Gasteiger partial charge in [-0.15, -0.1) is 0 Å². The van der Waals surface area contributed by atoms with Crippen molar-refractivity contribution in [1.82, 2.24) is 9.97 Å². The van der Waals surface area contributed by atoms with Gasteiger partial charge in [0.1, 0.15) is 11.4 Å². The second-order valence-corrected chi connectivity index (χ2v) is 5.35. The Bertz CT molecular complexity index is 902. The summed E-state index contributed by atoms with van der Waals surface area (Å²) < 4.78 is 9.53. The predicted molar refractivity (Wildman–Crippen MR) is 100 cm³/mol. The SMILES string of the molecule is CCOC(=O)Nc1ccc(-c2ccc(NC(=O)OCC)c([N+](=O)[O-])n2)nc1C. The highest BCUT2D eigenvalue weighted by Crippen LogP contribution is 2.27. The summed E-state index contributed by atoms with van der Waals surface area (Å²) in [4.78, 5) is 41.9. The number of aromatic nitrogens is 2. The number of hydrogen-bond acceptors (Lipinski definition) is 8. The van der Waals surface area contributed by atoms with Gasteiger partial charge in [0, 0.05) is 0 Å². The number of pyridine rings is 2. The summed E-state index contributed by atoms with van der Waals surface area (Å²) >= 11 is 0. The van der Waals surface area contributed by atoms with Gasteiger partial charge < -0.3 is 19.6 Å². The molecule has 11 nitrogen and oxygen atoms in total. The molecule has 0 spiro atoms. The van der Waals surface area contributed by atoms with E-state index in [-0.39, 0.29) is 24.6 Å². The molecule has 0 aliphatic carbocycles. The van der Waals surface area contributed by atoms with Gasteiger partial charge in [-0.25, -0.2) is 14.6 Å². The number of rotatable bonds is 6. The van der Waals surface area contributed by atoms with Gasteiger partial charge in [-0.3, -0.25) is 10.6 Å². The maximum atomic E-state index is 11.5. The topological polar surface area (TPSA) is 146 Å². The molecule has 0 atom stereocenters. The molecular weight excluding hydrogens is 370 g/mol. The van der Waals surface area contributed by atoms with Crippen LogP contribution in [0, 0.1) is 17.0 Å². The zero-order valence-corrected chi connectivity index (χ0v) is 15.5. The van der Waals surface area contributed by atoms with Gasteiger partial charge in [0.15, 0.2) is 0 Å². The Morgan fingerprint density at radius 3 is 1.96 bits per heavy atom. The second-order valence-electron chi connectivity index (χ2n) is 5.35. The molecule has 2 rings (SSSR count). The van der Waals surface area contributed by atoms with E-state index in [4.69, 9.17) is 9.47 Å². The molecule has 2 aromatic rings. The van der Waals surface area contributed by atoms with Crippen molar-refractivity contribution in [2.75, 3.05) is 23.8 Å². The normalized spacial score (nSPS) is 10.1. The molecule has 2 aromatic heterocycles. The lowest BCUT2D eigenvalue weighted by molar-refractivity contribution is -0.388. The van der Waals surface area contributed by atoms with Gasteiger partial charge in [-0.2, -0.15) is 0 Å². The van der Waals surface area contributed by atoms with Crippen LogP contribution in [0.25, 0.3) is 11.4 Å². The van der Waals surface area contributed by atoms with Crippen molar-refractivity contribution in [1.29, 1.82) is 0 Å². The molecule has 0 saturated heterocycles. The molecule has 0 aliphatic heterocycles. The zero-order valence-electron chi connectivity index (χ0n) is 15.5. The molecule has 0 radical (unpaired) electrons. The van der Waals surface area contributed by atoms with Crippen LogP contribution in [-0.2, 0) is 9.47 Å². The van der Waals surface area contributed by atoms with Gasteiger partial charge in [0.25, 0.3) is 0 Å². The summed E-state index contributed by atoms with van der Waals surface area (Å²) in [5.41, 5.74) is 1.41. The molecule has 11 heteroatoms. The van der Waals surface area contributed by atoms with Crippen LogP contribution in [0.5, 0.6) is 0 Å². The zero-order chi connectivity index (χ0) is 20.7. The van der Waals surface area contributed by atoms with Crippen LogP contribution >= 0.6 is 0 Å². The maximum Gasteiger partial charge on any atom is 0.411 e. The Kier molecular flexibility index (Phi) is 6.79. The van der Waals surface area contributed by atoms with E-state index in [1.54, 1.807) is 32.9 Å². The third kappa shape index (κ3) is 5.13. The van der Waals surface area contributed by atoms with Crippen LogP contribution in [-0.4, -0.2) is 40.3 Å². The van der Waals surface area contributed by atoms with Crippen LogP contribution in [0.1, 0.15) is 19.5 Å². The van der Waals surface area contributed by atoms with Crippen LogP contribution in [0.15, 0.2) is 24.3 Å². The van der Waals surface area contributed by atoms with Crippen molar-refractivity contribution in [2.24, 2.45) is 0 Å². The molecule has 2 N–H and O–H groups in total. The average Bonchev–Trinajstić information content (AvgIpc) is 2.64. The lowest BCUT2D eigenvalue weighted by atomic mass is 10.2. The van der Waals surface area contributed by atoms with E-state index in [1.165, 1.54) is 12.1 Å². The summed E-state index contributed by atoms with van der Waals surface area (Å²) in [7, 11) is 0. The molecule has 148 valence electrons.